The van der Waals surface area contributed by atoms with Gasteiger partial charge in [-0.25, -0.2) is 0 Å². The molecule has 1 saturated carbocycles. The summed E-state index contributed by atoms with van der Waals surface area (Å²) in [6, 6.07) is -0.0232. The first-order chi connectivity index (χ1) is 11.3. The number of amides is 1. The Morgan fingerprint density at radius 2 is 2.00 bits per heavy atom. The van der Waals surface area contributed by atoms with Gasteiger partial charge in [0.1, 0.15) is 5.76 Å². The fourth-order valence-electron chi connectivity index (χ4n) is 4.15. The van der Waals surface area contributed by atoms with E-state index in [-0.39, 0.29) is 41.4 Å². The first kappa shape index (κ1) is 17.2. The largest absolute Gasteiger partial charge is 0.455 e. The second-order valence-electron chi connectivity index (χ2n) is 8.10. The summed E-state index contributed by atoms with van der Waals surface area (Å²) in [6.45, 7) is 5.96. The smallest absolute Gasteiger partial charge is 0.287 e. The van der Waals surface area contributed by atoms with Gasteiger partial charge in [-0.1, -0.05) is 26.7 Å². The zero-order valence-electron chi connectivity index (χ0n) is 14.8. The highest BCUT2D eigenvalue weighted by Gasteiger charge is 2.37. The monoisotopic (exact) mass is 333 g/mol. The Hall–Kier alpha value is -1.62. The van der Waals surface area contributed by atoms with Gasteiger partial charge in [0.25, 0.3) is 5.91 Å². The van der Waals surface area contributed by atoms with Gasteiger partial charge in [-0.05, 0) is 25.2 Å². The lowest BCUT2D eigenvalue weighted by atomic mass is 9.76. The van der Waals surface area contributed by atoms with E-state index in [1.165, 1.54) is 0 Å². The average Bonchev–Trinajstić information content (AvgIpc) is 2.83. The van der Waals surface area contributed by atoms with E-state index in [1.807, 2.05) is 13.8 Å². The van der Waals surface area contributed by atoms with E-state index < -0.39 is 0 Å². The Labute approximate surface area is 142 Å². The maximum Gasteiger partial charge on any atom is 0.287 e. The molecule has 1 fully saturated rings. The van der Waals surface area contributed by atoms with Crippen molar-refractivity contribution < 1.29 is 19.1 Å². The molecule has 0 spiro atoms. The van der Waals surface area contributed by atoms with Gasteiger partial charge in [0.2, 0.25) is 0 Å². The van der Waals surface area contributed by atoms with Crippen molar-refractivity contribution in [3.63, 3.8) is 0 Å². The zero-order chi connectivity index (χ0) is 17.5. The van der Waals surface area contributed by atoms with Crippen LogP contribution in [0.5, 0.6) is 0 Å². The summed E-state index contributed by atoms with van der Waals surface area (Å²) in [6.07, 6.45) is 5.11. The van der Waals surface area contributed by atoms with Crippen molar-refractivity contribution in [1.29, 1.82) is 0 Å². The number of rotatable bonds is 3. The first-order valence-corrected chi connectivity index (χ1v) is 8.89. The predicted molar refractivity (Wildman–Crippen MR) is 90.2 cm³/mol. The van der Waals surface area contributed by atoms with Crippen molar-refractivity contribution in [3.05, 3.63) is 22.6 Å². The van der Waals surface area contributed by atoms with E-state index in [0.29, 0.717) is 29.7 Å². The maximum atomic E-state index is 12.7. The maximum absolute atomic E-state index is 12.7. The van der Waals surface area contributed by atoms with Crippen LogP contribution in [0.3, 0.4) is 0 Å². The Kier molecular flexibility index (Phi) is 4.56. The Balaban J connectivity index is 1.83. The fraction of sp³-hybridized carbons (Fsp3) is 0.684. The molecule has 0 saturated heterocycles. The molecule has 2 atom stereocenters. The van der Waals surface area contributed by atoms with Gasteiger partial charge < -0.3 is 14.8 Å². The molecule has 1 heterocycles. The Morgan fingerprint density at radius 1 is 1.29 bits per heavy atom. The van der Waals surface area contributed by atoms with Crippen LogP contribution < -0.4 is 5.32 Å². The van der Waals surface area contributed by atoms with Gasteiger partial charge in [-0.3, -0.25) is 9.59 Å². The molecule has 1 amide bonds. The van der Waals surface area contributed by atoms with Crippen molar-refractivity contribution in [2.24, 2.45) is 11.3 Å². The third-order valence-electron chi connectivity index (χ3n) is 5.44. The minimum absolute atomic E-state index is 0.0232. The highest BCUT2D eigenvalue weighted by atomic mass is 16.4. The van der Waals surface area contributed by atoms with Crippen LogP contribution in [0.15, 0.2) is 4.42 Å². The molecule has 0 bridgehead atoms. The first-order valence-electron chi connectivity index (χ1n) is 8.89. The van der Waals surface area contributed by atoms with Gasteiger partial charge in [-0.2, -0.15) is 0 Å². The standard InChI is InChI=1S/C19H27NO4/c1-11-16-14(22)8-19(2,3)9-15(16)24-17(11)18(23)20-13-7-5-4-6-12(13)10-21/h12-13,21H,4-10H2,1-3H3,(H,20,23). The molecule has 2 unspecified atom stereocenters. The van der Waals surface area contributed by atoms with Crippen LogP contribution in [0.25, 0.3) is 0 Å². The summed E-state index contributed by atoms with van der Waals surface area (Å²) in [7, 11) is 0. The van der Waals surface area contributed by atoms with E-state index in [0.717, 1.165) is 25.7 Å². The zero-order valence-corrected chi connectivity index (χ0v) is 14.8. The van der Waals surface area contributed by atoms with Crippen LogP contribution in [-0.2, 0) is 6.42 Å². The number of fused-ring (bicyclic) bond motifs is 1. The molecule has 2 aliphatic carbocycles. The van der Waals surface area contributed by atoms with E-state index in [1.54, 1.807) is 6.92 Å². The lowest BCUT2D eigenvalue weighted by molar-refractivity contribution is 0.0834. The van der Waals surface area contributed by atoms with Crippen molar-refractivity contribution in [2.45, 2.75) is 65.3 Å². The summed E-state index contributed by atoms with van der Waals surface area (Å²) < 4.78 is 5.82. The Morgan fingerprint density at radius 3 is 2.71 bits per heavy atom. The third-order valence-corrected chi connectivity index (χ3v) is 5.44. The van der Waals surface area contributed by atoms with E-state index in [9.17, 15) is 14.7 Å². The number of Topliss-reactive ketones (excluding diaryl/α,β-unsaturated/α-hetero) is 1. The molecule has 1 aromatic rings. The molecule has 0 radical (unpaired) electrons. The number of aliphatic hydroxyl groups is 1. The molecular formula is C19H27NO4. The van der Waals surface area contributed by atoms with Gasteiger partial charge in [0.15, 0.2) is 11.5 Å². The molecule has 2 N–H and O–H groups in total. The van der Waals surface area contributed by atoms with Crippen LogP contribution in [0.1, 0.15) is 78.2 Å². The molecule has 24 heavy (non-hydrogen) atoms. The molecular weight excluding hydrogens is 306 g/mol. The van der Waals surface area contributed by atoms with Gasteiger partial charge in [-0.15, -0.1) is 0 Å². The molecule has 5 heteroatoms. The minimum atomic E-state index is -0.266. The molecule has 2 aliphatic rings. The van der Waals surface area contributed by atoms with Crippen LogP contribution in [0.4, 0.5) is 0 Å². The third kappa shape index (κ3) is 3.14. The molecule has 3 rings (SSSR count). The van der Waals surface area contributed by atoms with Crippen LogP contribution in [0, 0.1) is 18.3 Å². The number of hydrogen-bond acceptors (Lipinski definition) is 4. The number of ketones is 1. The van der Waals surface area contributed by atoms with Crippen molar-refractivity contribution in [2.75, 3.05) is 6.61 Å². The molecule has 5 nitrogen and oxygen atoms in total. The van der Waals surface area contributed by atoms with Crippen LogP contribution >= 0.6 is 0 Å². The second-order valence-corrected chi connectivity index (χ2v) is 8.10. The quantitative estimate of drug-likeness (QED) is 0.891. The fourth-order valence-corrected chi connectivity index (χ4v) is 4.15. The number of aliphatic hydroxyl groups excluding tert-OH is 1. The molecule has 132 valence electrons. The topological polar surface area (TPSA) is 79.5 Å². The molecule has 0 aliphatic heterocycles. The summed E-state index contributed by atoms with van der Waals surface area (Å²) in [5.41, 5.74) is 1.12. The van der Waals surface area contributed by atoms with Gasteiger partial charge in [0.05, 0.1) is 5.56 Å². The highest BCUT2D eigenvalue weighted by Crippen LogP contribution is 2.38. The molecule has 0 aromatic carbocycles. The SMILES string of the molecule is Cc1c(C(=O)NC2CCCCC2CO)oc2c1C(=O)CC(C)(C)C2. The summed E-state index contributed by atoms with van der Waals surface area (Å²) in [5, 5.41) is 12.5. The number of carbonyl (C=O) groups is 2. The summed E-state index contributed by atoms with van der Waals surface area (Å²) >= 11 is 0. The lowest BCUT2D eigenvalue weighted by Crippen LogP contribution is -2.43. The second kappa shape index (κ2) is 6.36. The van der Waals surface area contributed by atoms with Crippen molar-refractivity contribution in [3.8, 4) is 0 Å². The normalized spacial score (nSPS) is 26.1. The van der Waals surface area contributed by atoms with E-state index in [2.05, 4.69) is 5.32 Å². The van der Waals surface area contributed by atoms with Crippen molar-refractivity contribution in [1.82, 2.24) is 5.32 Å². The summed E-state index contributed by atoms with van der Waals surface area (Å²) in [5.74, 6) is 0.799. The van der Waals surface area contributed by atoms with E-state index in [4.69, 9.17) is 4.42 Å². The van der Waals surface area contributed by atoms with Gasteiger partial charge >= 0.3 is 0 Å². The van der Waals surface area contributed by atoms with Gasteiger partial charge in [0, 0.05) is 37.0 Å². The summed E-state index contributed by atoms with van der Waals surface area (Å²) in [4.78, 5) is 25.1. The van der Waals surface area contributed by atoms with Crippen LogP contribution in [-0.4, -0.2) is 29.4 Å². The van der Waals surface area contributed by atoms with Crippen molar-refractivity contribution >= 4 is 11.7 Å². The van der Waals surface area contributed by atoms with E-state index >= 15 is 0 Å². The number of furan rings is 1. The predicted octanol–water partition coefficient (Wildman–Crippen LogP) is 3.02. The highest BCUT2D eigenvalue weighted by molar-refractivity contribution is 6.03. The number of carbonyl (C=O) groups excluding carboxylic acids is 2. The number of nitrogens with one attached hydrogen (secondary N) is 1. The minimum Gasteiger partial charge on any atom is -0.455 e. The van der Waals surface area contributed by atoms with Crippen LogP contribution in [0.2, 0.25) is 0 Å². The average molecular weight is 333 g/mol. The number of hydrogen-bond donors (Lipinski definition) is 2. The molecule has 1 aromatic heterocycles. The lowest BCUT2D eigenvalue weighted by Gasteiger charge is -2.30. The Bertz CT molecular complexity index is 659.